The van der Waals surface area contributed by atoms with Crippen molar-refractivity contribution in [1.29, 1.82) is 0 Å². The molecule has 1 aliphatic heterocycles. The standard InChI is InChI=1S/C18H18N2O/c21-18(9-7-14-4-2-1-3-5-14)20-11-15-6-8-16-12-19-13-17(16)10-15/h1-10,19H,11-13H2,(H,20,21)/b9-7+. The lowest BCUT2D eigenvalue weighted by Gasteiger charge is -2.05. The first-order valence-electron chi connectivity index (χ1n) is 7.13. The van der Waals surface area contributed by atoms with Crippen LogP contribution in [0.15, 0.2) is 54.6 Å². The van der Waals surface area contributed by atoms with E-state index in [1.165, 1.54) is 11.1 Å². The number of benzene rings is 2. The predicted molar refractivity (Wildman–Crippen MR) is 84.3 cm³/mol. The molecule has 3 rings (SSSR count). The highest BCUT2D eigenvalue weighted by atomic mass is 16.1. The molecular weight excluding hydrogens is 260 g/mol. The number of amides is 1. The second kappa shape index (κ2) is 6.37. The summed E-state index contributed by atoms with van der Waals surface area (Å²) in [6.45, 7) is 2.43. The summed E-state index contributed by atoms with van der Waals surface area (Å²) in [6.07, 6.45) is 3.40. The first-order chi connectivity index (χ1) is 10.3. The molecule has 0 aliphatic carbocycles. The third-order valence-electron chi connectivity index (χ3n) is 3.60. The van der Waals surface area contributed by atoms with Gasteiger partial charge in [0.25, 0.3) is 0 Å². The van der Waals surface area contributed by atoms with Crippen molar-refractivity contribution in [3.63, 3.8) is 0 Å². The first kappa shape index (κ1) is 13.6. The Morgan fingerprint density at radius 3 is 2.76 bits per heavy atom. The summed E-state index contributed by atoms with van der Waals surface area (Å²) >= 11 is 0. The Labute approximate surface area is 124 Å². The molecule has 2 N–H and O–H groups in total. The summed E-state index contributed by atoms with van der Waals surface area (Å²) in [5.74, 6) is -0.0718. The lowest BCUT2D eigenvalue weighted by Crippen LogP contribution is -2.20. The third-order valence-corrected chi connectivity index (χ3v) is 3.60. The van der Waals surface area contributed by atoms with Crippen LogP contribution >= 0.6 is 0 Å². The highest BCUT2D eigenvalue weighted by Gasteiger charge is 2.09. The largest absolute Gasteiger partial charge is 0.348 e. The van der Waals surface area contributed by atoms with Gasteiger partial charge >= 0.3 is 0 Å². The number of fused-ring (bicyclic) bond motifs is 1. The molecule has 0 radical (unpaired) electrons. The Balaban J connectivity index is 1.55. The molecule has 0 aromatic heterocycles. The van der Waals surface area contributed by atoms with Crippen molar-refractivity contribution < 1.29 is 4.79 Å². The van der Waals surface area contributed by atoms with Gasteiger partial charge in [-0.1, -0.05) is 48.5 Å². The topological polar surface area (TPSA) is 41.1 Å². The number of nitrogens with one attached hydrogen (secondary N) is 2. The van der Waals surface area contributed by atoms with Crippen LogP contribution in [-0.4, -0.2) is 5.91 Å². The Morgan fingerprint density at radius 1 is 1.10 bits per heavy atom. The van der Waals surface area contributed by atoms with E-state index >= 15 is 0 Å². The second-order valence-electron chi connectivity index (χ2n) is 5.17. The minimum Gasteiger partial charge on any atom is -0.348 e. The van der Waals surface area contributed by atoms with E-state index in [-0.39, 0.29) is 5.91 Å². The molecule has 0 fully saturated rings. The summed E-state index contributed by atoms with van der Waals surface area (Å²) in [6, 6.07) is 16.2. The van der Waals surface area contributed by atoms with Gasteiger partial charge in [0.05, 0.1) is 0 Å². The zero-order chi connectivity index (χ0) is 14.5. The fourth-order valence-corrected chi connectivity index (χ4v) is 2.44. The van der Waals surface area contributed by atoms with E-state index in [2.05, 4.69) is 28.8 Å². The Bertz CT molecular complexity index is 662. The van der Waals surface area contributed by atoms with Gasteiger partial charge < -0.3 is 10.6 Å². The molecule has 0 spiro atoms. The zero-order valence-corrected chi connectivity index (χ0v) is 11.8. The highest BCUT2D eigenvalue weighted by Crippen LogP contribution is 2.16. The van der Waals surface area contributed by atoms with Gasteiger partial charge in [0.15, 0.2) is 0 Å². The first-order valence-corrected chi connectivity index (χ1v) is 7.13. The van der Waals surface area contributed by atoms with Crippen LogP contribution in [-0.2, 0) is 24.4 Å². The molecule has 0 unspecified atom stereocenters. The van der Waals surface area contributed by atoms with Crippen molar-refractivity contribution in [2.24, 2.45) is 0 Å². The summed E-state index contributed by atoms with van der Waals surface area (Å²) in [5.41, 5.74) is 4.85. The molecule has 2 aromatic rings. The van der Waals surface area contributed by atoms with Crippen LogP contribution in [0.25, 0.3) is 6.08 Å². The molecule has 1 aliphatic rings. The van der Waals surface area contributed by atoms with E-state index in [0.29, 0.717) is 6.54 Å². The lowest BCUT2D eigenvalue weighted by atomic mass is 10.1. The maximum Gasteiger partial charge on any atom is 0.244 e. The molecule has 0 atom stereocenters. The van der Waals surface area contributed by atoms with E-state index in [1.807, 2.05) is 36.4 Å². The van der Waals surface area contributed by atoms with Gasteiger partial charge in [-0.05, 0) is 28.3 Å². The van der Waals surface area contributed by atoms with Crippen molar-refractivity contribution in [1.82, 2.24) is 10.6 Å². The molecule has 0 saturated heterocycles. The van der Waals surface area contributed by atoms with Gasteiger partial charge in [-0.2, -0.15) is 0 Å². The molecule has 3 heteroatoms. The average molecular weight is 278 g/mol. The Kier molecular flexibility index (Phi) is 4.12. The number of hydrogen-bond acceptors (Lipinski definition) is 2. The van der Waals surface area contributed by atoms with Crippen LogP contribution in [0.3, 0.4) is 0 Å². The van der Waals surface area contributed by atoms with Crippen molar-refractivity contribution in [2.45, 2.75) is 19.6 Å². The van der Waals surface area contributed by atoms with E-state index in [1.54, 1.807) is 6.08 Å². The van der Waals surface area contributed by atoms with Crippen molar-refractivity contribution >= 4 is 12.0 Å². The normalized spacial score (nSPS) is 13.3. The monoisotopic (exact) mass is 278 g/mol. The van der Waals surface area contributed by atoms with Crippen LogP contribution in [0.1, 0.15) is 22.3 Å². The van der Waals surface area contributed by atoms with Gasteiger partial charge in [0.1, 0.15) is 0 Å². The van der Waals surface area contributed by atoms with Crippen LogP contribution < -0.4 is 10.6 Å². The Hall–Kier alpha value is -2.39. The minimum atomic E-state index is -0.0718. The maximum atomic E-state index is 11.8. The summed E-state index contributed by atoms with van der Waals surface area (Å²) in [4.78, 5) is 11.8. The maximum absolute atomic E-state index is 11.8. The molecule has 106 valence electrons. The predicted octanol–water partition coefficient (Wildman–Crippen LogP) is 2.62. The van der Waals surface area contributed by atoms with Gasteiger partial charge in [-0.3, -0.25) is 4.79 Å². The minimum absolute atomic E-state index is 0.0718. The van der Waals surface area contributed by atoms with Crippen molar-refractivity contribution in [3.8, 4) is 0 Å². The van der Waals surface area contributed by atoms with Crippen molar-refractivity contribution in [2.75, 3.05) is 0 Å². The second-order valence-corrected chi connectivity index (χ2v) is 5.17. The van der Waals surface area contributed by atoms with Crippen LogP contribution in [0.4, 0.5) is 0 Å². The average Bonchev–Trinajstić information content (AvgIpc) is 2.99. The van der Waals surface area contributed by atoms with Crippen LogP contribution in [0.5, 0.6) is 0 Å². The third kappa shape index (κ3) is 3.58. The van der Waals surface area contributed by atoms with E-state index in [4.69, 9.17) is 0 Å². The van der Waals surface area contributed by atoms with Gasteiger partial charge in [0.2, 0.25) is 5.91 Å². The van der Waals surface area contributed by atoms with Gasteiger partial charge in [0, 0.05) is 25.7 Å². The van der Waals surface area contributed by atoms with E-state index < -0.39 is 0 Å². The molecule has 1 amide bonds. The SMILES string of the molecule is O=C(/C=C/c1ccccc1)NCc1ccc2c(c1)CNC2. The fourth-order valence-electron chi connectivity index (χ4n) is 2.44. The fraction of sp³-hybridized carbons (Fsp3) is 0.167. The number of rotatable bonds is 4. The summed E-state index contributed by atoms with van der Waals surface area (Å²) < 4.78 is 0. The van der Waals surface area contributed by atoms with E-state index in [0.717, 1.165) is 24.2 Å². The molecular formula is C18H18N2O. The molecule has 21 heavy (non-hydrogen) atoms. The lowest BCUT2D eigenvalue weighted by molar-refractivity contribution is -0.116. The van der Waals surface area contributed by atoms with E-state index in [9.17, 15) is 4.79 Å². The quantitative estimate of drug-likeness (QED) is 0.844. The summed E-state index contributed by atoms with van der Waals surface area (Å²) in [7, 11) is 0. The molecule has 2 aromatic carbocycles. The number of carbonyl (C=O) groups excluding carboxylic acids is 1. The molecule has 1 heterocycles. The smallest absolute Gasteiger partial charge is 0.244 e. The zero-order valence-electron chi connectivity index (χ0n) is 11.8. The molecule has 0 bridgehead atoms. The van der Waals surface area contributed by atoms with Crippen LogP contribution in [0.2, 0.25) is 0 Å². The van der Waals surface area contributed by atoms with Crippen molar-refractivity contribution in [3.05, 3.63) is 76.9 Å². The molecule has 3 nitrogen and oxygen atoms in total. The number of carbonyl (C=O) groups is 1. The van der Waals surface area contributed by atoms with Gasteiger partial charge in [-0.15, -0.1) is 0 Å². The summed E-state index contributed by atoms with van der Waals surface area (Å²) in [5, 5.41) is 6.23. The highest BCUT2D eigenvalue weighted by molar-refractivity contribution is 5.91. The molecule has 0 saturated carbocycles. The Morgan fingerprint density at radius 2 is 1.90 bits per heavy atom. The van der Waals surface area contributed by atoms with Gasteiger partial charge in [-0.25, -0.2) is 0 Å². The van der Waals surface area contributed by atoms with Crippen LogP contribution in [0, 0.1) is 0 Å². The number of hydrogen-bond donors (Lipinski definition) is 2.